The normalized spacial score (nSPS) is 14.5. The molecule has 3 rings (SSSR count). The highest BCUT2D eigenvalue weighted by atomic mass is 32.1. The lowest BCUT2D eigenvalue weighted by Gasteiger charge is -2.05. The van der Waals surface area contributed by atoms with E-state index in [1.54, 1.807) is 10.9 Å². The van der Waals surface area contributed by atoms with Crippen LogP contribution in [0.2, 0.25) is 0 Å². The van der Waals surface area contributed by atoms with Gasteiger partial charge in [0.05, 0.1) is 5.51 Å². The van der Waals surface area contributed by atoms with Gasteiger partial charge in [-0.05, 0) is 30.3 Å². The van der Waals surface area contributed by atoms with E-state index in [1.807, 2.05) is 12.1 Å². The van der Waals surface area contributed by atoms with Crippen LogP contribution in [-0.2, 0) is 13.1 Å². The van der Waals surface area contributed by atoms with Crippen molar-refractivity contribution >= 4 is 22.9 Å². The van der Waals surface area contributed by atoms with E-state index in [2.05, 4.69) is 28.3 Å². The summed E-state index contributed by atoms with van der Waals surface area (Å²) in [5, 5.41) is 4.62. The lowest BCUT2D eigenvalue weighted by Crippen LogP contribution is -2.12. The van der Waals surface area contributed by atoms with E-state index < -0.39 is 0 Å². The van der Waals surface area contributed by atoms with Gasteiger partial charge in [0, 0.05) is 24.2 Å². The van der Waals surface area contributed by atoms with Crippen LogP contribution in [0.15, 0.2) is 29.1 Å². The van der Waals surface area contributed by atoms with Crippen molar-refractivity contribution in [3.8, 4) is 0 Å². The Balaban J connectivity index is 1.78. The van der Waals surface area contributed by atoms with E-state index >= 15 is 0 Å². The Morgan fingerprint density at radius 3 is 3.00 bits per heavy atom. The smallest absolute Gasteiger partial charge is 0.275 e. The van der Waals surface area contributed by atoms with Crippen molar-refractivity contribution in [3.05, 3.63) is 45.9 Å². The molecule has 0 fully saturated rings. The maximum atomic E-state index is 11.9. The molecule has 0 saturated heterocycles. The Labute approximate surface area is 109 Å². The minimum atomic E-state index is -0.150. The molecular weight excluding hydrogens is 246 g/mol. The van der Waals surface area contributed by atoms with Crippen molar-refractivity contribution in [2.24, 2.45) is 0 Å². The van der Waals surface area contributed by atoms with Crippen LogP contribution in [0.5, 0.6) is 0 Å². The number of anilines is 1. The average molecular weight is 259 g/mol. The lowest BCUT2D eigenvalue weighted by atomic mass is 10.1. The molecule has 1 aliphatic rings. The molecule has 0 bridgehead atoms. The summed E-state index contributed by atoms with van der Waals surface area (Å²) in [7, 11) is 2.09. The van der Waals surface area contributed by atoms with E-state index in [9.17, 15) is 4.79 Å². The summed E-state index contributed by atoms with van der Waals surface area (Å²) in [4.78, 5) is 18.1. The summed E-state index contributed by atoms with van der Waals surface area (Å²) in [5.41, 5.74) is 5.59. The fourth-order valence-electron chi connectivity index (χ4n) is 2.16. The van der Waals surface area contributed by atoms with Crippen LogP contribution in [0.4, 0.5) is 5.69 Å². The Morgan fingerprint density at radius 2 is 2.22 bits per heavy atom. The molecule has 0 unspecified atom stereocenters. The molecule has 1 aromatic carbocycles. The number of benzene rings is 1. The SMILES string of the molecule is CN1Cc2ccc(NC(=O)c3cscn3)cc2C1. The molecule has 2 aromatic rings. The molecule has 92 valence electrons. The van der Waals surface area contributed by atoms with Gasteiger partial charge >= 0.3 is 0 Å². The first-order chi connectivity index (χ1) is 8.72. The number of fused-ring (bicyclic) bond motifs is 1. The first-order valence-electron chi connectivity index (χ1n) is 5.72. The monoisotopic (exact) mass is 259 g/mol. The summed E-state index contributed by atoms with van der Waals surface area (Å²) in [6, 6.07) is 6.07. The number of aromatic nitrogens is 1. The van der Waals surface area contributed by atoms with Gasteiger partial charge in [-0.1, -0.05) is 6.07 Å². The second kappa shape index (κ2) is 4.51. The number of amides is 1. The number of nitrogens with one attached hydrogen (secondary N) is 1. The predicted octanol–water partition coefficient (Wildman–Crippen LogP) is 2.34. The summed E-state index contributed by atoms with van der Waals surface area (Å²) in [6.45, 7) is 1.92. The van der Waals surface area contributed by atoms with E-state index in [4.69, 9.17) is 0 Å². The Morgan fingerprint density at radius 1 is 1.39 bits per heavy atom. The van der Waals surface area contributed by atoms with Gasteiger partial charge in [-0.3, -0.25) is 9.69 Å². The first kappa shape index (κ1) is 11.4. The van der Waals surface area contributed by atoms with Crippen molar-refractivity contribution in [1.82, 2.24) is 9.88 Å². The van der Waals surface area contributed by atoms with Gasteiger partial charge in [-0.15, -0.1) is 11.3 Å². The van der Waals surface area contributed by atoms with Crippen LogP contribution in [0, 0.1) is 0 Å². The van der Waals surface area contributed by atoms with Gasteiger partial charge in [0.15, 0.2) is 0 Å². The molecule has 1 aromatic heterocycles. The summed E-state index contributed by atoms with van der Waals surface area (Å²) in [5.74, 6) is -0.150. The molecular formula is C13H13N3OS. The molecule has 0 radical (unpaired) electrons. The third-order valence-electron chi connectivity index (χ3n) is 3.01. The van der Waals surface area contributed by atoms with Crippen molar-refractivity contribution < 1.29 is 4.79 Å². The molecule has 5 heteroatoms. The van der Waals surface area contributed by atoms with Crippen molar-refractivity contribution in [1.29, 1.82) is 0 Å². The summed E-state index contributed by atoms with van der Waals surface area (Å²) >= 11 is 1.42. The van der Waals surface area contributed by atoms with Gasteiger partial charge < -0.3 is 5.32 Å². The van der Waals surface area contributed by atoms with E-state index in [1.165, 1.54) is 22.5 Å². The number of hydrogen-bond acceptors (Lipinski definition) is 4. The third kappa shape index (κ3) is 2.14. The molecule has 1 amide bonds. The summed E-state index contributed by atoms with van der Waals surface area (Å²) < 4.78 is 0. The van der Waals surface area contributed by atoms with Crippen molar-refractivity contribution in [2.45, 2.75) is 13.1 Å². The molecule has 4 nitrogen and oxygen atoms in total. The van der Waals surface area contributed by atoms with Gasteiger partial charge in [-0.25, -0.2) is 4.98 Å². The molecule has 0 spiro atoms. The molecule has 1 aliphatic heterocycles. The van der Waals surface area contributed by atoms with Gasteiger partial charge in [0.1, 0.15) is 5.69 Å². The van der Waals surface area contributed by atoms with Crippen LogP contribution in [0.3, 0.4) is 0 Å². The third-order valence-corrected chi connectivity index (χ3v) is 3.60. The minimum absolute atomic E-state index is 0.150. The highest BCUT2D eigenvalue weighted by Crippen LogP contribution is 2.24. The molecule has 2 heterocycles. The number of nitrogens with zero attached hydrogens (tertiary/aromatic N) is 2. The highest BCUT2D eigenvalue weighted by Gasteiger charge is 2.16. The zero-order valence-corrected chi connectivity index (χ0v) is 10.8. The number of carbonyl (C=O) groups is 1. The fourth-order valence-corrected chi connectivity index (χ4v) is 2.69. The minimum Gasteiger partial charge on any atom is -0.321 e. The number of hydrogen-bond donors (Lipinski definition) is 1. The molecule has 1 N–H and O–H groups in total. The van der Waals surface area contributed by atoms with Crippen LogP contribution in [-0.4, -0.2) is 22.8 Å². The lowest BCUT2D eigenvalue weighted by molar-refractivity contribution is 0.102. The van der Waals surface area contributed by atoms with Crippen LogP contribution >= 0.6 is 11.3 Å². The highest BCUT2D eigenvalue weighted by molar-refractivity contribution is 7.07. The zero-order valence-electron chi connectivity index (χ0n) is 10.0. The van der Waals surface area contributed by atoms with Crippen LogP contribution in [0.25, 0.3) is 0 Å². The predicted molar refractivity (Wildman–Crippen MR) is 71.7 cm³/mol. The molecule has 18 heavy (non-hydrogen) atoms. The van der Waals surface area contributed by atoms with E-state index in [-0.39, 0.29) is 5.91 Å². The quantitative estimate of drug-likeness (QED) is 0.900. The Bertz CT molecular complexity index is 580. The zero-order chi connectivity index (χ0) is 12.5. The second-order valence-corrected chi connectivity index (χ2v) is 5.20. The maximum absolute atomic E-state index is 11.9. The maximum Gasteiger partial charge on any atom is 0.275 e. The number of carbonyl (C=O) groups excluding carboxylic acids is 1. The molecule has 0 saturated carbocycles. The number of thiazole rings is 1. The second-order valence-electron chi connectivity index (χ2n) is 4.48. The topological polar surface area (TPSA) is 45.2 Å². The van der Waals surface area contributed by atoms with Crippen molar-refractivity contribution in [3.63, 3.8) is 0 Å². The molecule has 0 atom stereocenters. The van der Waals surface area contributed by atoms with Crippen molar-refractivity contribution in [2.75, 3.05) is 12.4 Å². The van der Waals surface area contributed by atoms with Crippen LogP contribution < -0.4 is 5.32 Å². The first-order valence-corrected chi connectivity index (χ1v) is 6.66. The Hall–Kier alpha value is -1.72. The Kier molecular flexibility index (Phi) is 2.85. The van der Waals surface area contributed by atoms with Gasteiger partial charge in [-0.2, -0.15) is 0 Å². The van der Waals surface area contributed by atoms with Crippen LogP contribution in [0.1, 0.15) is 21.6 Å². The largest absolute Gasteiger partial charge is 0.321 e. The van der Waals surface area contributed by atoms with Gasteiger partial charge in [0.25, 0.3) is 5.91 Å². The average Bonchev–Trinajstić information content (AvgIpc) is 2.95. The van der Waals surface area contributed by atoms with E-state index in [0.717, 1.165) is 18.8 Å². The van der Waals surface area contributed by atoms with E-state index in [0.29, 0.717) is 5.69 Å². The number of rotatable bonds is 2. The summed E-state index contributed by atoms with van der Waals surface area (Å²) in [6.07, 6.45) is 0. The molecule has 0 aliphatic carbocycles. The fraction of sp³-hybridized carbons (Fsp3) is 0.231. The van der Waals surface area contributed by atoms with Gasteiger partial charge in [0.2, 0.25) is 0 Å². The standard InChI is InChI=1S/C13H13N3OS/c1-16-5-9-2-3-11(4-10(9)6-16)15-13(17)12-7-18-8-14-12/h2-4,7-8H,5-6H2,1H3,(H,15,17).